The predicted molar refractivity (Wildman–Crippen MR) is 59.4 cm³/mol. The molecule has 1 aliphatic carbocycles. The minimum absolute atomic E-state index is 0.0641. The quantitative estimate of drug-likeness (QED) is 0.436. The van der Waals surface area contributed by atoms with E-state index in [4.69, 9.17) is 4.74 Å². The lowest BCUT2D eigenvalue weighted by molar-refractivity contribution is -0.120. The number of rotatable bonds is 9. The van der Waals surface area contributed by atoms with Crippen molar-refractivity contribution >= 4 is 5.91 Å². The summed E-state index contributed by atoms with van der Waals surface area (Å²) >= 11 is 0. The summed E-state index contributed by atoms with van der Waals surface area (Å²) in [7, 11) is 0. The molecule has 0 aromatic carbocycles. The van der Waals surface area contributed by atoms with Crippen LogP contribution in [0.4, 0.5) is 0 Å². The van der Waals surface area contributed by atoms with Crippen molar-refractivity contribution in [3.63, 3.8) is 0 Å². The number of nitrogens with one attached hydrogen (secondary N) is 2. The van der Waals surface area contributed by atoms with Crippen LogP contribution >= 0.6 is 0 Å². The second-order valence-corrected chi connectivity index (χ2v) is 3.82. The van der Waals surface area contributed by atoms with Crippen LogP contribution in [0.25, 0.3) is 0 Å². The largest absolute Gasteiger partial charge is 0.502 e. The van der Waals surface area contributed by atoms with Crippen molar-refractivity contribution in [2.75, 3.05) is 26.2 Å². The molecular weight excluding hydrogens is 192 g/mol. The smallest absolute Gasteiger partial charge is 0.233 e. The molecule has 0 radical (unpaired) electrons. The second kappa shape index (κ2) is 7.29. The van der Waals surface area contributed by atoms with Gasteiger partial charge in [0.1, 0.15) is 0 Å². The minimum atomic E-state index is 0.0641. The average Bonchev–Trinajstić information content (AvgIpc) is 3.01. The molecule has 0 spiro atoms. The number of amides is 1. The fourth-order valence-corrected chi connectivity index (χ4v) is 1.24. The van der Waals surface area contributed by atoms with Gasteiger partial charge in [-0.3, -0.25) is 4.79 Å². The number of carbonyl (C=O) groups excluding carboxylic acids is 1. The van der Waals surface area contributed by atoms with Crippen molar-refractivity contribution < 1.29 is 9.53 Å². The summed E-state index contributed by atoms with van der Waals surface area (Å²) in [5, 5.41) is 5.96. The third kappa shape index (κ3) is 6.96. The first kappa shape index (κ1) is 12.0. The van der Waals surface area contributed by atoms with Gasteiger partial charge in [0.15, 0.2) is 0 Å². The Bertz CT molecular complexity index is 203. The van der Waals surface area contributed by atoms with E-state index in [9.17, 15) is 4.79 Å². The van der Waals surface area contributed by atoms with E-state index in [1.165, 1.54) is 19.1 Å². The van der Waals surface area contributed by atoms with Crippen LogP contribution in [0.1, 0.15) is 19.3 Å². The highest BCUT2D eigenvalue weighted by Crippen LogP contribution is 2.27. The number of hydrogen-bond acceptors (Lipinski definition) is 3. The first-order valence-corrected chi connectivity index (χ1v) is 5.53. The van der Waals surface area contributed by atoms with Crippen molar-refractivity contribution in [3.05, 3.63) is 12.8 Å². The maximum absolute atomic E-state index is 11.2. The molecule has 1 saturated carbocycles. The Balaban J connectivity index is 1.82. The van der Waals surface area contributed by atoms with Gasteiger partial charge in [-0.25, -0.2) is 0 Å². The maximum atomic E-state index is 11.2. The number of ether oxygens (including phenoxy) is 1. The number of carbonyl (C=O) groups is 1. The highest BCUT2D eigenvalue weighted by atomic mass is 16.5. The van der Waals surface area contributed by atoms with Gasteiger partial charge in [-0.05, 0) is 31.7 Å². The van der Waals surface area contributed by atoms with Gasteiger partial charge in [-0.1, -0.05) is 6.58 Å². The summed E-state index contributed by atoms with van der Waals surface area (Å²) in [6.45, 7) is 6.12. The molecule has 2 N–H and O–H groups in total. The Labute approximate surface area is 91.1 Å². The average molecular weight is 212 g/mol. The molecule has 0 aliphatic heterocycles. The second-order valence-electron chi connectivity index (χ2n) is 3.82. The Kier molecular flexibility index (Phi) is 5.85. The van der Waals surface area contributed by atoms with Gasteiger partial charge < -0.3 is 15.4 Å². The monoisotopic (exact) mass is 212 g/mol. The van der Waals surface area contributed by atoms with E-state index in [-0.39, 0.29) is 5.91 Å². The standard InChI is InChI=1S/C11H20N2O2/c1-2-15-7-3-6-13-11(14)9-12-8-10-4-5-10/h2,10,12H,1,3-9H2,(H,13,14). The third-order valence-corrected chi connectivity index (χ3v) is 2.29. The van der Waals surface area contributed by atoms with Gasteiger partial charge in [0.05, 0.1) is 19.4 Å². The molecule has 0 saturated heterocycles. The number of hydrogen-bond donors (Lipinski definition) is 2. The first-order chi connectivity index (χ1) is 7.33. The van der Waals surface area contributed by atoms with E-state index in [2.05, 4.69) is 17.2 Å². The molecule has 0 unspecified atom stereocenters. The lowest BCUT2D eigenvalue weighted by Gasteiger charge is -2.05. The summed E-state index contributed by atoms with van der Waals surface area (Å²) in [5.41, 5.74) is 0. The van der Waals surface area contributed by atoms with Crippen LogP contribution in [0.15, 0.2) is 12.8 Å². The van der Waals surface area contributed by atoms with Gasteiger partial charge in [-0.2, -0.15) is 0 Å². The van der Waals surface area contributed by atoms with Gasteiger partial charge in [0, 0.05) is 6.54 Å². The SMILES string of the molecule is C=COCCCNC(=O)CNCC1CC1. The maximum Gasteiger partial charge on any atom is 0.233 e. The fourth-order valence-electron chi connectivity index (χ4n) is 1.24. The van der Waals surface area contributed by atoms with Crippen molar-refractivity contribution in [2.45, 2.75) is 19.3 Å². The van der Waals surface area contributed by atoms with Crippen LogP contribution in [0.3, 0.4) is 0 Å². The molecule has 0 bridgehead atoms. The normalized spacial score (nSPS) is 14.7. The molecule has 4 heteroatoms. The third-order valence-electron chi connectivity index (χ3n) is 2.29. The van der Waals surface area contributed by atoms with E-state index >= 15 is 0 Å². The molecule has 0 aromatic heterocycles. The summed E-state index contributed by atoms with van der Waals surface area (Å²) in [6, 6.07) is 0. The summed E-state index contributed by atoms with van der Waals surface area (Å²) in [4.78, 5) is 11.2. The molecule has 0 aromatic rings. The highest BCUT2D eigenvalue weighted by molar-refractivity contribution is 5.77. The van der Waals surface area contributed by atoms with Crippen molar-refractivity contribution in [1.29, 1.82) is 0 Å². The van der Waals surface area contributed by atoms with Gasteiger partial charge >= 0.3 is 0 Å². The Morgan fingerprint density at radius 2 is 2.33 bits per heavy atom. The predicted octanol–water partition coefficient (Wildman–Crippen LogP) is 0.652. The van der Waals surface area contributed by atoms with E-state index in [1.54, 1.807) is 0 Å². The molecule has 1 rings (SSSR count). The lowest BCUT2D eigenvalue weighted by Crippen LogP contribution is -2.35. The van der Waals surface area contributed by atoms with E-state index in [0.29, 0.717) is 19.7 Å². The van der Waals surface area contributed by atoms with Gasteiger partial charge in [0.25, 0.3) is 0 Å². The fraction of sp³-hybridized carbons (Fsp3) is 0.727. The molecule has 0 heterocycles. The van der Waals surface area contributed by atoms with E-state index < -0.39 is 0 Å². The Morgan fingerprint density at radius 1 is 1.53 bits per heavy atom. The van der Waals surface area contributed by atoms with Crippen LogP contribution in [0.5, 0.6) is 0 Å². The summed E-state index contributed by atoms with van der Waals surface area (Å²) in [5.74, 6) is 0.882. The summed E-state index contributed by atoms with van der Waals surface area (Å²) in [6.07, 6.45) is 4.86. The van der Waals surface area contributed by atoms with Crippen LogP contribution in [0, 0.1) is 5.92 Å². The van der Waals surface area contributed by atoms with Crippen LogP contribution < -0.4 is 10.6 Å². The zero-order valence-electron chi connectivity index (χ0n) is 9.13. The zero-order chi connectivity index (χ0) is 10.9. The van der Waals surface area contributed by atoms with Crippen molar-refractivity contribution in [2.24, 2.45) is 5.92 Å². The zero-order valence-corrected chi connectivity index (χ0v) is 9.13. The highest BCUT2D eigenvalue weighted by Gasteiger charge is 2.20. The van der Waals surface area contributed by atoms with Gasteiger partial charge in [0.2, 0.25) is 5.91 Å². The van der Waals surface area contributed by atoms with Crippen LogP contribution in [0.2, 0.25) is 0 Å². The van der Waals surface area contributed by atoms with Gasteiger partial charge in [-0.15, -0.1) is 0 Å². The summed E-state index contributed by atoms with van der Waals surface area (Å²) < 4.78 is 4.93. The molecule has 15 heavy (non-hydrogen) atoms. The molecule has 4 nitrogen and oxygen atoms in total. The first-order valence-electron chi connectivity index (χ1n) is 5.53. The van der Waals surface area contributed by atoms with E-state index in [1.807, 2.05) is 0 Å². The van der Waals surface area contributed by atoms with Crippen LogP contribution in [-0.2, 0) is 9.53 Å². The van der Waals surface area contributed by atoms with Crippen molar-refractivity contribution in [3.8, 4) is 0 Å². The molecular formula is C11H20N2O2. The Morgan fingerprint density at radius 3 is 3.00 bits per heavy atom. The molecule has 86 valence electrons. The van der Waals surface area contributed by atoms with Crippen LogP contribution in [-0.4, -0.2) is 32.1 Å². The Hall–Kier alpha value is -1.03. The molecule has 1 amide bonds. The lowest BCUT2D eigenvalue weighted by atomic mass is 10.4. The topological polar surface area (TPSA) is 50.4 Å². The molecule has 0 atom stereocenters. The van der Waals surface area contributed by atoms with Crippen molar-refractivity contribution in [1.82, 2.24) is 10.6 Å². The molecule has 1 fully saturated rings. The molecule has 1 aliphatic rings. The minimum Gasteiger partial charge on any atom is -0.502 e. The van der Waals surface area contributed by atoms with E-state index in [0.717, 1.165) is 18.9 Å².